The molecule has 0 spiro atoms. The summed E-state index contributed by atoms with van der Waals surface area (Å²) < 4.78 is 58.0. The lowest BCUT2D eigenvalue weighted by Crippen LogP contribution is -2.14. The lowest BCUT2D eigenvalue weighted by atomic mass is 10.3. The van der Waals surface area contributed by atoms with Gasteiger partial charge in [0.2, 0.25) is 0 Å². The maximum Gasteiger partial charge on any atom is 0.294 e. The molecule has 7 nitrogen and oxygen atoms in total. The number of nitrogen functional groups attached to an aromatic ring is 1. The zero-order valence-electron chi connectivity index (χ0n) is 11.2. The Labute approximate surface area is 150 Å². The van der Waals surface area contributed by atoms with Crippen LogP contribution in [0, 0.1) is 0 Å². The minimum Gasteiger partial charge on any atom is -0.397 e. The van der Waals surface area contributed by atoms with Crippen molar-refractivity contribution in [1.82, 2.24) is 0 Å². The standard InChI is InChI=1S/C12H10Cl2N2O5S2.CH4/c13-9-6-12(10(14)5-11(9)15)22(17,18)16-7-2-1-3-8(4-7)23(19,20)21;/h1-6,16H,15H2,(H,19,20,21);1H4. The summed E-state index contributed by atoms with van der Waals surface area (Å²) in [5.74, 6) is 0. The summed E-state index contributed by atoms with van der Waals surface area (Å²) in [6.07, 6.45) is 0. The monoisotopic (exact) mass is 412 g/mol. The van der Waals surface area contributed by atoms with Gasteiger partial charge in [0.25, 0.3) is 20.1 Å². The fourth-order valence-electron chi connectivity index (χ4n) is 1.68. The minimum atomic E-state index is -4.46. The Morgan fingerprint density at radius 2 is 1.62 bits per heavy atom. The number of nitrogens with one attached hydrogen (secondary N) is 1. The lowest BCUT2D eigenvalue weighted by Gasteiger charge is -2.11. The van der Waals surface area contributed by atoms with Crippen molar-refractivity contribution in [1.29, 1.82) is 0 Å². The largest absolute Gasteiger partial charge is 0.397 e. The van der Waals surface area contributed by atoms with Crippen LogP contribution in [0.25, 0.3) is 0 Å². The van der Waals surface area contributed by atoms with E-state index in [9.17, 15) is 16.8 Å². The quantitative estimate of drug-likeness (QED) is 0.522. The number of rotatable bonds is 4. The molecule has 0 aromatic heterocycles. The molecule has 0 saturated carbocycles. The Balaban J connectivity index is 0.00000288. The first-order valence-electron chi connectivity index (χ1n) is 5.85. The van der Waals surface area contributed by atoms with E-state index < -0.39 is 25.0 Å². The highest BCUT2D eigenvalue weighted by atomic mass is 35.5. The fourth-order valence-corrected chi connectivity index (χ4v) is 4.05. The topological polar surface area (TPSA) is 127 Å². The van der Waals surface area contributed by atoms with Crippen molar-refractivity contribution in [2.75, 3.05) is 10.5 Å². The van der Waals surface area contributed by atoms with Gasteiger partial charge in [-0.3, -0.25) is 9.27 Å². The zero-order valence-corrected chi connectivity index (χ0v) is 14.3. The van der Waals surface area contributed by atoms with E-state index in [2.05, 4.69) is 4.72 Å². The van der Waals surface area contributed by atoms with Gasteiger partial charge in [0.05, 0.1) is 26.3 Å². The molecule has 0 aliphatic heterocycles. The van der Waals surface area contributed by atoms with Crippen molar-refractivity contribution < 1.29 is 21.4 Å². The van der Waals surface area contributed by atoms with Crippen LogP contribution in [0.5, 0.6) is 0 Å². The molecule has 0 aliphatic rings. The van der Waals surface area contributed by atoms with Crippen LogP contribution in [-0.4, -0.2) is 21.4 Å². The van der Waals surface area contributed by atoms with Gasteiger partial charge in [0.15, 0.2) is 0 Å². The first kappa shape index (κ1) is 20.5. The van der Waals surface area contributed by atoms with Crippen LogP contribution in [-0.2, 0) is 20.1 Å². The van der Waals surface area contributed by atoms with Gasteiger partial charge in [-0.05, 0) is 30.3 Å². The van der Waals surface area contributed by atoms with Crippen LogP contribution in [0.15, 0.2) is 46.2 Å². The summed E-state index contributed by atoms with van der Waals surface area (Å²) in [4.78, 5) is -0.783. The van der Waals surface area contributed by atoms with E-state index in [1.165, 1.54) is 18.2 Å². The molecule has 24 heavy (non-hydrogen) atoms. The molecule has 2 aromatic carbocycles. The van der Waals surface area contributed by atoms with Crippen molar-refractivity contribution in [2.24, 2.45) is 0 Å². The molecule has 2 rings (SSSR count). The molecule has 2 aromatic rings. The van der Waals surface area contributed by atoms with E-state index in [0.717, 1.165) is 18.2 Å². The molecule has 0 aliphatic carbocycles. The van der Waals surface area contributed by atoms with Crippen LogP contribution in [0.4, 0.5) is 11.4 Å². The molecule has 0 saturated heterocycles. The third kappa shape index (κ3) is 4.52. The molecule has 0 bridgehead atoms. The lowest BCUT2D eigenvalue weighted by molar-refractivity contribution is 0.483. The van der Waals surface area contributed by atoms with Gasteiger partial charge >= 0.3 is 0 Å². The predicted octanol–water partition coefficient (Wildman–Crippen LogP) is 3.26. The molecule has 0 unspecified atom stereocenters. The zero-order chi connectivity index (χ0) is 17.4. The second-order valence-electron chi connectivity index (χ2n) is 4.41. The smallest absolute Gasteiger partial charge is 0.294 e. The SMILES string of the molecule is C.Nc1cc(Cl)c(S(=O)(=O)Nc2cccc(S(=O)(=O)O)c2)cc1Cl. The number of hydrogen-bond donors (Lipinski definition) is 3. The number of benzene rings is 2. The Bertz CT molecular complexity index is 976. The summed E-state index contributed by atoms with van der Waals surface area (Å²) in [7, 11) is -8.61. The van der Waals surface area contributed by atoms with Crippen molar-refractivity contribution in [3.63, 3.8) is 0 Å². The van der Waals surface area contributed by atoms with Crippen molar-refractivity contribution in [3.8, 4) is 0 Å². The molecule has 0 fully saturated rings. The maximum atomic E-state index is 12.3. The molecule has 0 heterocycles. The van der Waals surface area contributed by atoms with E-state index in [0.29, 0.717) is 0 Å². The van der Waals surface area contributed by atoms with Crippen LogP contribution in [0.3, 0.4) is 0 Å². The minimum absolute atomic E-state index is 0. The third-order valence-corrected chi connectivity index (χ3v) is 5.75. The molecule has 0 amide bonds. The average molecular weight is 413 g/mol. The Hall–Kier alpha value is -1.52. The Morgan fingerprint density at radius 3 is 2.21 bits per heavy atom. The van der Waals surface area contributed by atoms with Crippen LogP contribution >= 0.6 is 23.2 Å². The molecule has 4 N–H and O–H groups in total. The summed E-state index contributed by atoms with van der Waals surface area (Å²) in [6, 6.07) is 6.90. The van der Waals surface area contributed by atoms with Crippen LogP contribution < -0.4 is 10.5 Å². The van der Waals surface area contributed by atoms with E-state index in [1.54, 1.807) is 0 Å². The van der Waals surface area contributed by atoms with Gasteiger partial charge in [-0.15, -0.1) is 0 Å². The maximum absolute atomic E-state index is 12.3. The fraction of sp³-hybridized carbons (Fsp3) is 0.0769. The second-order valence-corrected chi connectivity index (χ2v) is 8.30. The highest BCUT2D eigenvalue weighted by molar-refractivity contribution is 7.92. The van der Waals surface area contributed by atoms with E-state index in [-0.39, 0.29) is 33.7 Å². The number of anilines is 2. The van der Waals surface area contributed by atoms with Gasteiger partial charge < -0.3 is 5.73 Å². The molecular formula is C13H14Cl2N2O5S2. The number of sulfonamides is 1. The molecule has 0 radical (unpaired) electrons. The highest BCUT2D eigenvalue weighted by Gasteiger charge is 2.21. The van der Waals surface area contributed by atoms with Gasteiger partial charge in [-0.25, -0.2) is 8.42 Å². The normalized spacial score (nSPS) is 11.6. The van der Waals surface area contributed by atoms with Crippen molar-refractivity contribution in [3.05, 3.63) is 46.4 Å². The summed E-state index contributed by atoms with van der Waals surface area (Å²) in [5, 5.41) is -0.146. The highest BCUT2D eigenvalue weighted by Crippen LogP contribution is 2.31. The first-order chi connectivity index (χ1) is 10.5. The van der Waals surface area contributed by atoms with Gasteiger partial charge in [0, 0.05) is 0 Å². The molecule has 132 valence electrons. The van der Waals surface area contributed by atoms with E-state index in [4.69, 9.17) is 33.5 Å². The van der Waals surface area contributed by atoms with Crippen molar-refractivity contribution >= 4 is 54.7 Å². The first-order valence-corrected chi connectivity index (χ1v) is 9.53. The van der Waals surface area contributed by atoms with Gasteiger partial charge in [0.1, 0.15) is 4.90 Å². The predicted molar refractivity (Wildman–Crippen MR) is 94.7 cm³/mol. The summed E-state index contributed by atoms with van der Waals surface area (Å²) in [5.41, 5.74) is 5.56. The van der Waals surface area contributed by atoms with Crippen LogP contribution in [0.1, 0.15) is 7.43 Å². The van der Waals surface area contributed by atoms with Gasteiger partial charge in [-0.2, -0.15) is 8.42 Å². The summed E-state index contributed by atoms with van der Waals surface area (Å²) in [6.45, 7) is 0. The molecular weight excluding hydrogens is 399 g/mol. The second kappa shape index (κ2) is 7.16. The summed E-state index contributed by atoms with van der Waals surface area (Å²) >= 11 is 11.7. The number of nitrogens with two attached hydrogens (primary N) is 1. The van der Waals surface area contributed by atoms with E-state index >= 15 is 0 Å². The third-order valence-electron chi connectivity index (χ3n) is 2.72. The van der Waals surface area contributed by atoms with E-state index in [1.807, 2.05) is 0 Å². The molecule has 11 heteroatoms. The Morgan fingerprint density at radius 1 is 1.00 bits per heavy atom. The van der Waals surface area contributed by atoms with Crippen molar-refractivity contribution in [2.45, 2.75) is 17.2 Å². The van der Waals surface area contributed by atoms with Crippen LogP contribution in [0.2, 0.25) is 10.0 Å². The number of halogens is 2. The Kier molecular flexibility index (Phi) is 6.12. The molecule has 0 atom stereocenters. The average Bonchev–Trinajstić information content (AvgIpc) is 2.41. The van der Waals surface area contributed by atoms with Gasteiger partial charge in [-0.1, -0.05) is 36.7 Å². The number of hydrogen-bond acceptors (Lipinski definition) is 5.